The number of hydrogen-bond donors (Lipinski definition) is 0. The minimum Gasteiger partial charge on any atom is -0.378 e. The summed E-state index contributed by atoms with van der Waals surface area (Å²) in [6, 6.07) is 8.53. The molecule has 0 bridgehead atoms. The van der Waals surface area contributed by atoms with Gasteiger partial charge in [0.1, 0.15) is 0 Å². The maximum Gasteiger partial charge on any atom is 0.0361 e. The Bertz CT molecular complexity index is 316. The molecule has 1 aromatic carbocycles. The summed E-state index contributed by atoms with van der Waals surface area (Å²) in [6.07, 6.45) is 6.30. The van der Waals surface area contributed by atoms with Gasteiger partial charge < -0.3 is 4.90 Å². The lowest BCUT2D eigenvalue weighted by atomic mass is 10.0. The van der Waals surface area contributed by atoms with Crippen molar-refractivity contribution in [2.24, 2.45) is 5.92 Å². The van der Waals surface area contributed by atoms with Crippen molar-refractivity contribution >= 4 is 5.69 Å². The quantitative estimate of drug-likeness (QED) is 0.657. The standard InChI is InChI=1S/C13H17N/c1-5-11(2)10-12-6-8-13(9-7-12)14(3)4/h1,6-9,11H,10H2,2-4H3/t11-/m1/s1. The van der Waals surface area contributed by atoms with Gasteiger partial charge in [-0.25, -0.2) is 0 Å². The predicted octanol–water partition coefficient (Wildman–Crippen LogP) is 2.56. The summed E-state index contributed by atoms with van der Waals surface area (Å²) in [5.41, 5.74) is 2.53. The molecule has 0 saturated heterocycles. The number of terminal acetylenes is 1. The highest BCUT2D eigenvalue weighted by atomic mass is 15.1. The Labute approximate surface area is 86.7 Å². The molecule has 74 valence electrons. The fourth-order valence-corrected chi connectivity index (χ4v) is 1.34. The van der Waals surface area contributed by atoms with E-state index in [1.54, 1.807) is 0 Å². The van der Waals surface area contributed by atoms with E-state index < -0.39 is 0 Å². The van der Waals surface area contributed by atoms with E-state index in [0.29, 0.717) is 5.92 Å². The summed E-state index contributed by atoms with van der Waals surface area (Å²) in [6.45, 7) is 2.07. The summed E-state index contributed by atoms with van der Waals surface area (Å²) < 4.78 is 0. The van der Waals surface area contributed by atoms with Gasteiger partial charge in [0.15, 0.2) is 0 Å². The van der Waals surface area contributed by atoms with E-state index in [1.165, 1.54) is 11.3 Å². The fourth-order valence-electron chi connectivity index (χ4n) is 1.34. The molecule has 0 spiro atoms. The second-order valence-electron chi connectivity index (χ2n) is 3.83. The summed E-state index contributed by atoms with van der Waals surface area (Å²) in [5.74, 6) is 3.06. The van der Waals surface area contributed by atoms with Gasteiger partial charge in [-0.1, -0.05) is 19.1 Å². The van der Waals surface area contributed by atoms with Gasteiger partial charge in [0.05, 0.1) is 0 Å². The van der Waals surface area contributed by atoms with Crippen LogP contribution in [0.15, 0.2) is 24.3 Å². The van der Waals surface area contributed by atoms with Crippen molar-refractivity contribution < 1.29 is 0 Å². The Hall–Kier alpha value is -1.42. The van der Waals surface area contributed by atoms with E-state index in [0.717, 1.165) is 6.42 Å². The molecule has 0 saturated carbocycles. The first-order chi connectivity index (χ1) is 6.63. The molecule has 1 heteroatoms. The topological polar surface area (TPSA) is 3.24 Å². The average Bonchev–Trinajstić information content (AvgIpc) is 2.18. The molecule has 0 amide bonds. The lowest BCUT2D eigenvalue weighted by molar-refractivity contribution is 0.751. The fraction of sp³-hybridized carbons (Fsp3) is 0.385. The van der Waals surface area contributed by atoms with Crippen LogP contribution in [0.1, 0.15) is 12.5 Å². The molecule has 1 rings (SSSR count). The van der Waals surface area contributed by atoms with Crippen LogP contribution < -0.4 is 4.90 Å². The monoisotopic (exact) mass is 187 g/mol. The summed E-state index contributed by atoms with van der Waals surface area (Å²) in [5, 5.41) is 0. The highest BCUT2D eigenvalue weighted by Crippen LogP contribution is 2.14. The van der Waals surface area contributed by atoms with Crippen LogP contribution in [0.2, 0.25) is 0 Å². The predicted molar refractivity (Wildman–Crippen MR) is 62.5 cm³/mol. The van der Waals surface area contributed by atoms with Gasteiger partial charge in [0.2, 0.25) is 0 Å². The molecule has 0 fully saturated rings. The second-order valence-corrected chi connectivity index (χ2v) is 3.83. The third-order valence-corrected chi connectivity index (χ3v) is 2.28. The van der Waals surface area contributed by atoms with E-state index in [2.05, 4.69) is 42.0 Å². The Kier molecular flexibility index (Phi) is 3.59. The largest absolute Gasteiger partial charge is 0.378 e. The lowest BCUT2D eigenvalue weighted by Crippen LogP contribution is -2.08. The van der Waals surface area contributed by atoms with Gasteiger partial charge in [-0.3, -0.25) is 0 Å². The molecular weight excluding hydrogens is 170 g/mol. The van der Waals surface area contributed by atoms with Gasteiger partial charge >= 0.3 is 0 Å². The van der Waals surface area contributed by atoms with Crippen molar-refractivity contribution in [1.29, 1.82) is 0 Å². The zero-order chi connectivity index (χ0) is 10.6. The van der Waals surface area contributed by atoms with Crippen LogP contribution in [0.4, 0.5) is 5.69 Å². The smallest absolute Gasteiger partial charge is 0.0361 e. The first-order valence-electron chi connectivity index (χ1n) is 4.86. The molecule has 0 aliphatic carbocycles. The maximum atomic E-state index is 5.34. The Morgan fingerprint density at radius 1 is 1.29 bits per heavy atom. The third kappa shape index (κ3) is 2.81. The minimum absolute atomic E-state index is 0.320. The van der Waals surface area contributed by atoms with Gasteiger partial charge in [0.25, 0.3) is 0 Å². The second kappa shape index (κ2) is 4.72. The molecule has 1 atom stereocenters. The van der Waals surface area contributed by atoms with Gasteiger partial charge in [0, 0.05) is 25.7 Å². The minimum atomic E-state index is 0.320. The van der Waals surface area contributed by atoms with Crippen LogP contribution in [0.3, 0.4) is 0 Å². The highest BCUT2D eigenvalue weighted by Gasteiger charge is 2.00. The number of hydrogen-bond acceptors (Lipinski definition) is 1. The van der Waals surface area contributed by atoms with E-state index in [1.807, 2.05) is 14.1 Å². The van der Waals surface area contributed by atoms with Crippen molar-refractivity contribution in [3.05, 3.63) is 29.8 Å². The van der Waals surface area contributed by atoms with Gasteiger partial charge in [-0.2, -0.15) is 0 Å². The Balaban J connectivity index is 2.70. The maximum absolute atomic E-state index is 5.34. The number of benzene rings is 1. The van der Waals surface area contributed by atoms with Crippen molar-refractivity contribution in [1.82, 2.24) is 0 Å². The van der Waals surface area contributed by atoms with E-state index in [9.17, 15) is 0 Å². The zero-order valence-electron chi connectivity index (χ0n) is 9.12. The number of anilines is 1. The van der Waals surface area contributed by atoms with Crippen LogP contribution in [-0.4, -0.2) is 14.1 Å². The van der Waals surface area contributed by atoms with Crippen LogP contribution >= 0.6 is 0 Å². The SMILES string of the molecule is C#C[C@@H](C)Cc1ccc(N(C)C)cc1. The molecule has 1 nitrogen and oxygen atoms in total. The van der Waals surface area contributed by atoms with E-state index in [4.69, 9.17) is 6.42 Å². The summed E-state index contributed by atoms with van der Waals surface area (Å²) in [4.78, 5) is 2.09. The molecule has 0 aliphatic heterocycles. The van der Waals surface area contributed by atoms with E-state index in [-0.39, 0.29) is 0 Å². The molecular formula is C13H17N. The molecule has 0 heterocycles. The van der Waals surface area contributed by atoms with Crippen LogP contribution in [0, 0.1) is 18.3 Å². The highest BCUT2D eigenvalue weighted by molar-refractivity contribution is 5.46. The number of nitrogens with zero attached hydrogens (tertiary/aromatic N) is 1. The van der Waals surface area contributed by atoms with Crippen molar-refractivity contribution in [2.45, 2.75) is 13.3 Å². The Morgan fingerprint density at radius 2 is 1.86 bits per heavy atom. The van der Waals surface area contributed by atoms with Crippen LogP contribution in [-0.2, 0) is 6.42 Å². The van der Waals surface area contributed by atoms with Gasteiger partial charge in [-0.05, 0) is 24.1 Å². The van der Waals surface area contributed by atoms with Crippen molar-refractivity contribution in [3.63, 3.8) is 0 Å². The molecule has 0 unspecified atom stereocenters. The molecule has 1 aromatic rings. The first kappa shape index (κ1) is 10.7. The zero-order valence-corrected chi connectivity index (χ0v) is 9.12. The molecule has 0 aromatic heterocycles. The van der Waals surface area contributed by atoms with E-state index >= 15 is 0 Å². The first-order valence-corrected chi connectivity index (χ1v) is 4.86. The van der Waals surface area contributed by atoms with Crippen LogP contribution in [0.5, 0.6) is 0 Å². The molecule has 0 N–H and O–H groups in total. The summed E-state index contributed by atoms with van der Waals surface area (Å²) >= 11 is 0. The lowest BCUT2D eigenvalue weighted by Gasteiger charge is -2.13. The molecule has 0 aliphatic rings. The average molecular weight is 187 g/mol. The van der Waals surface area contributed by atoms with Crippen molar-refractivity contribution in [3.8, 4) is 12.3 Å². The molecule has 14 heavy (non-hydrogen) atoms. The van der Waals surface area contributed by atoms with Crippen LogP contribution in [0.25, 0.3) is 0 Å². The Morgan fingerprint density at radius 3 is 2.29 bits per heavy atom. The third-order valence-electron chi connectivity index (χ3n) is 2.28. The number of rotatable bonds is 3. The van der Waals surface area contributed by atoms with Crippen molar-refractivity contribution in [2.75, 3.05) is 19.0 Å². The summed E-state index contributed by atoms with van der Waals surface area (Å²) in [7, 11) is 4.08. The van der Waals surface area contributed by atoms with Gasteiger partial charge in [-0.15, -0.1) is 12.3 Å². The normalized spacial score (nSPS) is 11.9. The molecule has 0 radical (unpaired) electrons.